The van der Waals surface area contributed by atoms with Crippen molar-refractivity contribution in [2.75, 3.05) is 12.0 Å². The zero-order valence-corrected chi connectivity index (χ0v) is 17.2. The van der Waals surface area contributed by atoms with Gasteiger partial charge in [-0.1, -0.05) is 30.4 Å². The van der Waals surface area contributed by atoms with Crippen LogP contribution in [0.2, 0.25) is 0 Å². The van der Waals surface area contributed by atoms with Crippen LogP contribution >= 0.6 is 0 Å². The fourth-order valence-corrected chi connectivity index (χ4v) is 5.14. The van der Waals surface area contributed by atoms with Crippen molar-refractivity contribution in [3.8, 4) is 5.69 Å². The predicted octanol–water partition coefficient (Wildman–Crippen LogP) is 1.37. The number of hydrogen-bond acceptors (Lipinski definition) is 4. The van der Waals surface area contributed by atoms with Crippen molar-refractivity contribution in [2.24, 2.45) is 30.7 Å². The van der Waals surface area contributed by atoms with Gasteiger partial charge in [0.1, 0.15) is 12.4 Å². The number of amides is 4. The summed E-state index contributed by atoms with van der Waals surface area (Å²) in [6.07, 6.45) is 4.91. The summed E-state index contributed by atoms with van der Waals surface area (Å²) in [6.45, 7) is 1.52. The SMILES string of the molecule is Cc1c(NC(=O)NCN2C(=O)[C@@H]3[C@@H](C2=O)[C@H]2C=C[C@H]3C2)c(=O)n(-c2ccccc2)n1C. The van der Waals surface area contributed by atoms with Crippen LogP contribution in [0, 0.1) is 30.6 Å². The molecule has 1 aromatic heterocycles. The number of hydrogen-bond donors (Lipinski definition) is 2. The Bertz CT molecular complexity index is 1150. The molecule has 5 rings (SSSR count). The number of fused-ring (bicyclic) bond motifs is 5. The molecule has 2 fully saturated rings. The van der Waals surface area contributed by atoms with Crippen molar-refractivity contribution < 1.29 is 14.4 Å². The molecule has 31 heavy (non-hydrogen) atoms. The van der Waals surface area contributed by atoms with Gasteiger partial charge in [0.2, 0.25) is 11.8 Å². The minimum absolute atomic E-state index is 0.119. The molecule has 1 aliphatic heterocycles. The van der Waals surface area contributed by atoms with E-state index in [9.17, 15) is 19.2 Å². The second kappa shape index (κ2) is 6.97. The average molecular weight is 421 g/mol. The molecule has 9 nitrogen and oxygen atoms in total. The first-order valence-electron chi connectivity index (χ1n) is 10.3. The second-order valence-corrected chi connectivity index (χ2v) is 8.33. The number of carbonyl (C=O) groups excluding carboxylic acids is 3. The number of benzene rings is 1. The Kier molecular flexibility index (Phi) is 4.35. The molecule has 9 heteroatoms. The summed E-state index contributed by atoms with van der Waals surface area (Å²) in [5.41, 5.74) is 1.03. The first kappa shape index (κ1) is 19.3. The van der Waals surface area contributed by atoms with Crippen LogP contribution < -0.4 is 16.2 Å². The molecule has 1 saturated carbocycles. The lowest BCUT2D eigenvalue weighted by Crippen LogP contribution is -2.44. The highest BCUT2D eigenvalue weighted by atomic mass is 16.2. The zero-order chi connectivity index (χ0) is 21.9. The van der Waals surface area contributed by atoms with Gasteiger partial charge >= 0.3 is 6.03 Å². The van der Waals surface area contributed by atoms with Gasteiger partial charge in [-0.05, 0) is 37.3 Å². The van der Waals surface area contributed by atoms with Gasteiger partial charge in [0.05, 0.1) is 23.2 Å². The molecule has 3 aliphatic rings. The van der Waals surface area contributed by atoms with Crippen molar-refractivity contribution in [1.29, 1.82) is 0 Å². The van der Waals surface area contributed by atoms with Gasteiger partial charge in [0.25, 0.3) is 5.56 Å². The molecule has 160 valence electrons. The first-order chi connectivity index (χ1) is 14.9. The van der Waals surface area contributed by atoms with E-state index in [0.29, 0.717) is 11.4 Å². The van der Waals surface area contributed by atoms with E-state index in [1.165, 1.54) is 4.68 Å². The number of urea groups is 1. The van der Waals surface area contributed by atoms with Crippen LogP contribution in [0.25, 0.3) is 5.69 Å². The fourth-order valence-electron chi connectivity index (χ4n) is 5.14. The molecule has 1 aromatic carbocycles. The minimum atomic E-state index is -0.648. The van der Waals surface area contributed by atoms with Gasteiger partial charge in [-0.25, -0.2) is 9.48 Å². The summed E-state index contributed by atoms with van der Waals surface area (Å²) >= 11 is 0. The number of para-hydroxylation sites is 1. The van der Waals surface area contributed by atoms with E-state index in [1.807, 2.05) is 30.4 Å². The van der Waals surface area contributed by atoms with Crippen molar-refractivity contribution in [3.63, 3.8) is 0 Å². The van der Waals surface area contributed by atoms with Crippen molar-refractivity contribution >= 4 is 23.5 Å². The molecule has 2 aliphatic carbocycles. The number of imide groups is 1. The lowest BCUT2D eigenvalue weighted by molar-refractivity contribution is -0.140. The van der Waals surface area contributed by atoms with Gasteiger partial charge in [0.15, 0.2) is 0 Å². The number of anilines is 1. The first-order valence-corrected chi connectivity index (χ1v) is 10.3. The Balaban J connectivity index is 1.29. The Morgan fingerprint density at radius 3 is 2.26 bits per heavy atom. The molecule has 2 aromatic rings. The molecule has 0 radical (unpaired) electrons. The number of allylic oxidation sites excluding steroid dienone is 2. The van der Waals surface area contributed by atoms with Crippen LogP contribution in [-0.4, -0.2) is 38.8 Å². The highest BCUT2D eigenvalue weighted by Crippen LogP contribution is 2.52. The topological polar surface area (TPSA) is 105 Å². The third-order valence-electron chi connectivity index (χ3n) is 6.75. The average Bonchev–Trinajstić information content (AvgIpc) is 3.48. The maximum absolute atomic E-state index is 12.9. The molecule has 4 atom stereocenters. The summed E-state index contributed by atoms with van der Waals surface area (Å²) in [6, 6.07) is 8.45. The molecule has 2 N–H and O–H groups in total. The van der Waals surface area contributed by atoms with E-state index < -0.39 is 6.03 Å². The number of carbonyl (C=O) groups is 3. The van der Waals surface area contributed by atoms with E-state index in [4.69, 9.17) is 0 Å². The molecular weight excluding hydrogens is 398 g/mol. The number of nitrogens with one attached hydrogen (secondary N) is 2. The van der Waals surface area contributed by atoms with Crippen molar-refractivity contribution in [3.05, 3.63) is 58.5 Å². The van der Waals surface area contributed by atoms with E-state index in [-0.39, 0.29) is 53.4 Å². The van der Waals surface area contributed by atoms with Crippen molar-refractivity contribution in [1.82, 2.24) is 19.6 Å². The zero-order valence-electron chi connectivity index (χ0n) is 17.2. The smallest absolute Gasteiger partial charge is 0.320 e. The summed E-state index contributed by atoms with van der Waals surface area (Å²) in [5.74, 6) is -0.824. The largest absolute Gasteiger partial charge is 0.320 e. The second-order valence-electron chi connectivity index (χ2n) is 8.33. The van der Waals surface area contributed by atoms with Gasteiger partial charge in [-0.2, -0.15) is 0 Å². The normalized spacial score (nSPS) is 25.9. The predicted molar refractivity (Wildman–Crippen MR) is 112 cm³/mol. The number of nitrogens with zero attached hydrogens (tertiary/aromatic N) is 3. The number of rotatable bonds is 4. The van der Waals surface area contributed by atoms with Crippen LogP contribution in [0.1, 0.15) is 12.1 Å². The van der Waals surface area contributed by atoms with Crippen molar-refractivity contribution in [2.45, 2.75) is 13.3 Å². The van der Waals surface area contributed by atoms with Gasteiger partial charge < -0.3 is 10.6 Å². The molecular formula is C22H23N5O4. The highest BCUT2D eigenvalue weighted by Gasteiger charge is 2.59. The maximum Gasteiger partial charge on any atom is 0.320 e. The summed E-state index contributed by atoms with van der Waals surface area (Å²) in [5, 5.41) is 5.13. The number of likely N-dealkylation sites (tertiary alicyclic amines) is 1. The van der Waals surface area contributed by atoms with Gasteiger partial charge in [-0.3, -0.25) is 24.0 Å². The Labute approximate surface area is 178 Å². The third kappa shape index (κ3) is 2.83. The van der Waals surface area contributed by atoms with Crippen LogP contribution in [0.4, 0.5) is 10.5 Å². The fraction of sp³-hybridized carbons (Fsp3) is 0.364. The Morgan fingerprint density at radius 2 is 1.65 bits per heavy atom. The minimum Gasteiger partial charge on any atom is -0.320 e. The maximum atomic E-state index is 12.9. The van der Waals surface area contributed by atoms with Crippen LogP contribution in [0.5, 0.6) is 0 Å². The van der Waals surface area contributed by atoms with E-state index >= 15 is 0 Å². The van der Waals surface area contributed by atoms with Crippen LogP contribution in [0.3, 0.4) is 0 Å². The number of aromatic nitrogens is 2. The lowest BCUT2D eigenvalue weighted by Gasteiger charge is -2.17. The molecule has 1 saturated heterocycles. The summed E-state index contributed by atoms with van der Waals surface area (Å²) in [4.78, 5) is 51.9. The van der Waals surface area contributed by atoms with Crippen LogP contribution in [-0.2, 0) is 16.6 Å². The molecule has 2 heterocycles. The molecule has 4 amide bonds. The standard InChI is InChI=1S/C22H23N5O4/c1-12-18(21(30)27(25(12)2)15-6-4-3-5-7-15)24-22(31)23-11-26-19(28)16-13-8-9-14(10-13)17(16)20(26)29/h3-9,13-14,16-17H,10-11H2,1-2H3,(H2,23,24,31)/t13-,14-,16-,17-/m0/s1. The molecule has 0 spiro atoms. The monoisotopic (exact) mass is 421 g/mol. The Hall–Kier alpha value is -3.62. The van der Waals surface area contributed by atoms with E-state index in [0.717, 1.165) is 11.3 Å². The van der Waals surface area contributed by atoms with Gasteiger partial charge in [-0.15, -0.1) is 0 Å². The molecule has 0 unspecified atom stereocenters. The van der Waals surface area contributed by atoms with E-state index in [2.05, 4.69) is 10.6 Å². The summed E-state index contributed by atoms with van der Waals surface area (Å²) < 4.78 is 3.12. The lowest BCUT2D eigenvalue weighted by atomic mass is 9.85. The summed E-state index contributed by atoms with van der Waals surface area (Å²) in [7, 11) is 1.73. The van der Waals surface area contributed by atoms with Gasteiger partial charge in [0, 0.05) is 7.05 Å². The van der Waals surface area contributed by atoms with E-state index in [1.54, 1.807) is 30.8 Å². The van der Waals surface area contributed by atoms with Crippen LogP contribution in [0.15, 0.2) is 47.3 Å². The molecule has 2 bridgehead atoms. The third-order valence-corrected chi connectivity index (χ3v) is 6.75. The quantitative estimate of drug-likeness (QED) is 0.575. The highest BCUT2D eigenvalue weighted by molar-refractivity contribution is 6.06. The Morgan fingerprint density at radius 1 is 1.03 bits per heavy atom.